The zero-order valence-electron chi connectivity index (χ0n) is 21.5. The number of hydrogen-bond acceptors (Lipinski definition) is 5. The second-order valence-electron chi connectivity index (χ2n) is 10.6. The van der Waals surface area contributed by atoms with Gasteiger partial charge in [0.15, 0.2) is 10.9 Å². The number of rotatable bonds is 6. The van der Waals surface area contributed by atoms with Crippen LogP contribution >= 0.6 is 11.8 Å². The Morgan fingerprint density at radius 1 is 0.872 bits per heavy atom. The highest BCUT2D eigenvalue weighted by atomic mass is 32.2. The summed E-state index contributed by atoms with van der Waals surface area (Å²) >= 11 is 1.38. The minimum absolute atomic E-state index is 0.0297. The Morgan fingerprint density at radius 2 is 1.56 bits per heavy atom. The monoisotopic (exact) mass is 532 g/mol. The fraction of sp³-hybridized carbons (Fsp3) is 0.250. The molecule has 0 radical (unpaired) electrons. The van der Waals surface area contributed by atoms with Gasteiger partial charge in [0.05, 0.1) is 18.0 Å². The number of hydrogen-bond donors (Lipinski definition) is 0. The third kappa shape index (κ3) is 4.03. The summed E-state index contributed by atoms with van der Waals surface area (Å²) in [5.41, 5.74) is 5.67. The Bertz CT molecular complexity index is 1750. The lowest BCUT2D eigenvalue weighted by Gasteiger charge is -2.37. The first-order valence-electron chi connectivity index (χ1n) is 13.5. The molecule has 7 heteroatoms. The van der Waals surface area contributed by atoms with E-state index in [1.165, 1.54) is 17.3 Å². The van der Waals surface area contributed by atoms with Gasteiger partial charge in [0.2, 0.25) is 5.78 Å². The molecule has 0 saturated heterocycles. The molecule has 39 heavy (non-hydrogen) atoms. The van der Waals surface area contributed by atoms with Crippen LogP contribution in [0.2, 0.25) is 0 Å². The third-order valence-corrected chi connectivity index (χ3v) is 9.21. The van der Waals surface area contributed by atoms with Crippen molar-refractivity contribution in [2.45, 2.75) is 49.2 Å². The van der Waals surface area contributed by atoms with Crippen molar-refractivity contribution in [1.29, 1.82) is 0 Å². The summed E-state index contributed by atoms with van der Waals surface area (Å²) in [6.45, 7) is 0.417. The van der Waals surface area contributed by atoms with Gasteiger partial charge < -0.3 is 0 Å². The van der Waals surface area contributed by atoms with Crippen molar-refractivity contribution in [1.82, 2.24) is 19.2 Å². The van der Waals surface area contributed by atoms with Crippen LogP contribution in [-0.4, -0.2) is 30.7 Å². The highest BCUT2D eigenvalue weighted by Crippen LogP contribution is 2.50. The summed E-state index contributed by atoms with van der Waals surface area (Å²) in [7, 11) is 0. The summed E-state index contributed by atoms with van der Waals surface area (Å²) < 4.78 is 3.85. The van der Waals surface area contributed by atoms with Crippen molar-refractivity contribution in [3.8, 4) is 11.3 Å². The average Bonchev–Trinajstić information content (AvgIpc) is 3.62. The highest BCUT2D eigenvalue weighted by Gasteiger charge is 2.45. The smallest absolute Gasteiger partial charge is 0.259 e. The van der Waals surface area contributed by atoms with Gasteiger partial charge in [0.1, 0.15) is 0 Å². The molecule has 0 aliphatic heterocycles. The van der Waals surface area contributed by atoms with Crippen molar-refractivity contribution >= 4 is 23.3 Å². The second-order valence-corrected chi connectivity index (χ2v) is 11.6. The lowest BCUT2D eigenvalue weighted by molar-refractivity contribution is 0.102. The van der Waals surface area contributed by atoms with Gasteiger partial charge in [0, 0.05) is 22.1 Å². The van der Waals surface area contributed by atoms with Gasteiger partial charge in [-0.1, -0.05) is 110 Å². The minimum Gasteiger partial charge on any atom is -0.293 e. The Morgan fingerprint density at radius 3 is 2.33 bits per heavy atom. The molecule has 0 amide bonds. The second kappa shape index (κ2) is 9.65. The summed E-state index contributed by atoms with van der Waals surface area (Å²) in [6.07, 6.45) is 5.11. The van der Waals surface area contributed by atoms with E-state index in [4.69, 9.17) is 0 Å². The quantitative estimate of drug-likeness (QED) is 0.200. The summed E-state index contributed by atoms with van der Waals surface area (Å²) in [5.74, 6) is 0.795. The molecule has 2 aliphatic rings. The van der Waals surface area contributed by atoms with Gasteiger partial charge in [-0.15, -0.1) is 10.2 Å². The molecule has 194 valence electrons. The molecule has 0 N–H and O–H groups in total. The first-order chi connectivity index (χ1) is 19.1. The Hall–Kier alpha value is -3.97. The molecule has 0 bridgehead atoms. The molecular weight excluding hydrogens is 504 g/mol. The van der Waals surface area contributed by atoms with Crippen LogP contribution in [0.5, 0.6) is 0 Å². The molecule has 1 spiro atoms. The van der Waals surface area contributed by atoms with E-state index in [9.17, 15) is 9.59 Å². The lowest BCUT2D eigenvalue weighted by Crippen LogP contribution is -2.40. The number of thioether (sulfide) groups is 1. The molecule has 1 fully saturated rings. The number of nitrogens with zero attached hydrogens (tertiary/aromatic N) is 4. The Balaban J connectivity index is 1.45. The van der Waals surface area contributed by atoms with Crippen molar-refractivity contribution in [2.24, 2.45) is 0 Å². The minimum atomic E-state index is -0.195. The van der Waals surface area contributed by atoms with Crippen LogP contribution < -0.4 is 5.56 Å². The zero-order valence-corrected chi connectivity index (χ0v) is 22.4. The zero-order chi connectivity index (χ0) is 26.4. The standard InChI is InChI=1S/C32H28N4O2S/c37-26(23-13-5-2-6-14-23)21-39-31-34-33-30-35(20-22-11-3-1-4-12-22)29(38)27-28(36(30)31)25-16-8-7-15-24(25)19-32(27)17-9-10-18-32/h1-8,11-16H,9-10,17-21H2. The normalized spacial score (nSPS) is 15.4. The van der Waals surface area contributed by atoms with E-state index in [2.05, 4.69) is 32.8 Å². The van der Waals surface area contributed by atoms with E-state index in [1.807, 2.05) is 66.7 Å². The number of benzene rings is 3. The fourth-order valence-corrected chi connectivity index (χ4v) is 7.31. The van der Waals surface area contributed by atoms with E-state index < -0.39 is 0 Å². The molecule has 2 aromatic heterocycles. The predicted molar refractivity (Wildman–Crippen MR) is 154 cm³/mol. The fourth-order valence-electron chi connectivity index (χ4n) is 6.48. The molecule has 6 nitrogen and oxygen atoms in total. The summed E-state index contributed by atoms with van der Waals surface area (Å²) in [4.78, 5) is 27.5. The number of Topliss-reactive ketones (excluding diaryl/α,β-unsaturated/α-hetero) is 1. The SMILES string of the molecule is O=C(CSc1nnc2n(Cc3ccccc3)c(=O)c3c(n12)-c1ccccc1CC31CCCC1)c1ccccc1. The van der Waals surface area contributed by atoms with Gasteiger partial charge in [-0.25, -0.2) is 0 Å². The topological polar surface area (TPSA) is 69.3 Å². The average molecular weight is 533 g/mol. The van der Waals surface area contributed by atoms with Crippen molar-refractivity contribution in [3.05, 3.63) is 118 Å². The highest BCUT2D eigenvalue weighted by molar-refractivity contribution is 7.99. The van der Waals surface area contributed by atoms with Crippen LogP contribution in [0.1, 0.15) is 52.7 Å². The molecule has 0 unspecified atom stereocenters. The van der Waals surface area contributed by atoms with Gasteiger partial charge >= 0.3 is 0 Å². The molecule has 5 aromatic rings. The van der Waals surface area contributed by atoms with Crippen LogP contribution in [-0.2, 0) is 18.4 Å². The van der Waals surface area contributed by atoms with Crippen LogP contribution in [0.4, 0.5) is 0 Å². The first-order valence-corrected chi connectivity index (χ1v) is 14.5. The molecular formula is C32H28N4O2S. The van der Waals surface area contributed by atoms with Crippen LogP contribution in [0, 0.1) is 0 Å². The summed E-state index contributed by atoms with van der Waals surface area (Å²) in [6, 6.07) is 27.8. The van der Waals surface area contributed by atoms with Crippen molar-refractivity contribution in [3.63, 3.8) is 0 Å². The van der Waals surface area contributed by atoms with Crippen molar-refractivity contribution in [2.75, 3.05) is 5.75 Å². The molecule has 2 heterocycles. The number of carbonyl (C=O) groups excluding carboxylic acids is 1. The number of aromatic nitrogens is 4. The number of carbonyl (C=O) groups is 1. The number of fused-ring (bicyclic) bond motifs is 6. The molecule has 3 aromatic carbocycles. The van der Waals surface area contributed by atoms with E-state index in [0.29, 0.717) is 23.0 Å². The maximum absolute atomic E-state index is 14.5. The Labute approximate surface area is 230 Å². The van der Waals surface area contributed by atoms with Crippen LogP contribution in [0.15, 0.2) is 94.9 Å². The van der Waals surface area contributed by atoms with E-state index in [0.717, 1.165) is 54.5 Å². The molecule has 2 aliphatic carbocycles. The molecule has 1 saturated carbocycles. The maximum atomic E-state index is 14.5. The molecule has 0 atom stereocenters. The Kier molecular flexibility index (Phi) is 5.96. The van der Waals surface area contributed by atoms with E-state index >= 15 is 0 Å². The summed E-state index contributed by atoms with van der Waals surface area (Å²) in [5, 5.41) is 9.77. The van der Waals surface area contributed by atoms with Gasteiger partial charge in [-0.2, -0.15) is 0 Å². The third-order valence-electron chi connectivity index (χ3n) is 8.28. The van der Waals surface area contributed by atoms with E-state index in [-0.39, 0.29) is 22.5 Å². The van der Waals surface area contributed by atoms with Crippen LogP contribution in [0.3, 0.4) is 0 Å². The van der Waals surface area contributed by atoms with Gasteiger partial charge in [-0.05, 0) is 30.4 Å². The maximum Gasteiger partial charge on any atom is 0.259 e. The van der Waals surface area contributed by atoms with Crippen molar-refractivity contribution < 1.29 is 4.79 Å². The predicted octanol–water partition coefficient (Wildman–Crippen LogP) is 5.95. The molecule has 7 rings (SSSR count). The lowest BCUT2D eigenvalue weighted by atomic mass is 9.68. The largest absolute Gasteiger partial charge is 0.293 e. The first kappa shape index (κ1) is 24.1. The van der Waals surface area contributed by atoms with E-state index in [1.54, 1.807) is 4.57 Å². The van der Waals surface area contributed by atoms with Gasteiger partial charge in [0.25, 0.3) is 5.56 Å². The van der Waals surface area contributed by atoms with Crippen LogP contribution in [0.25, 0.3) is 17.0 Å². The van der Waals surface area contributed by atoms with Gasteiger partial charge in [-0.3, -0.25) is 18.6 Å². The number of ketones is 1.